The molecule has 2 amide bonds. The largest absolute Gasteiger partial charge is 0.342 e. The number of rotatable bonds is 7. The molecule has 0 radical (unpaired) electrons. The zero-order valence-corrected chi connectivity index (χ0v) is 14.5. The van der Waals surface area contributed by atoms with Crippen molar-refractivity contribution < 1.29 is 18.0 Å². The lowest BCUT2D eigenvalue weighted by Gasteiger charge is -2.33. The molecule has 1 aromatic heterocycles. The van der Waals surface area contributed by atoms with Crippen LogP contribution in [0.15, 0.2) is 24.5 Å². The molecule has 1 aliphatic heterocycles. The summed E-state index contributed by atoms with van der Waals surface area (Å²) < 4.78 is 25.2. The van der Waals surface area contributed by atoms with Gasteiger partial charge in [-0.1, -0.05) is 0 Å². The predicted molar refractivity (Wildman–Crippen MR) is 88.3 cm³/mol. The van der Waals surface area contributed by atoms with Crippen molar-refractivity contribution in [3.05, 3.63) is 30.1 Å². The molecule has 0 N–H and O–H groups in total. The first kappa shape index (κ1) is 18.3. The Morgan fingerprint density at radius 3 is 2.42 bits per heavy atom. The van der Waals surface area contributed by atoms with Gasteiger partial charge in [-0.15, -0.1) is 0 Å². The molecule has 9 heteroatoms. The van der Waals surface area contributed by atoms with Crippen LogP contribution in [-0.4, -0.2) is 78.8 Å². The third-order valence-electron chi connectivity index (χ3n) is 3.97. The van der Waals surface area contributed by atoms with E-state index in [2.05, 4.69) is 4.98 Å². The Hall–Kier alpha value is -2.00. The van der Waals surface area contributed by atoms with Crippen LogP contribution in [-0.2, 0) is 26.2 Å². The van der Waals surface area contributed by atoms with Gasteiger partial charge < -0.3 is 9.80 Å². The third kappa shape index (κ3) is 5.27. The summed E-state index contributed by atoms with van der Waals surface area (Å²) in [5.74, 6) is -0.0936. The molecule has 2 rings (SSSR count). The fourth-order valence-corrected chi connectivity index (χ4v) is 3.32. The van der Waals surface area contributed by atoms with E-state index in [4.69, 9.17) is 0 Å². The number of carbonyl (C=O) groups excluding carboxylic acids is 2. The Morgan fingerprint density at radius 2 is 1.88 bits per heavy atom. The molecule has 2 heterocycles. The number of hydrogen-bond acceptors (Lipinski definition) is 5. The highest BCUT2D eigenvalue weighted by Gasteiger charge is 2.23. The highest BCUT2D eigenvalue weighted by atomic mass is 32.2. The quantitative estimate of drug-likeness (QED) is 0.618. The minimum Gasteiger partial charge on any atom is -0.342 e. The second-order valence-corrected chi connectivity index (χ2v) is 7.71. The average molecular weight is 354 g/mol. The second kappa shape index (κ2) is 8.20. The monoisotopic (exact) mass is 354 g/mol. The van der Waals surface area contributed by atoms with E-state index in [9.17, 15) is 18.0 Å². The van der Waals surface area contributed by atoms with Gasteiger partial charge in [-0.25, -0.2) is 8.42 Å². The third-order valence-corrected chi connectivity index (χ3v) is 5.22. The van der Waals surface area contributed by atoms with Crippen LogP contribution in [0.3, 0.4) is 0 Å². The fraction of sp³-hybridized carbons (Fsp3) is 0.533. The van der Waals surface area contributed by atoms with Crippen molar-refractivity contribution in [2.75, 3.05) is 39.0 Å². The number of aromatic nitrogens is 1. The Labute approximate surface area is 142 Å². The first-order valence-corrected chi connectivity index (χ1v) is 9.56. The van der Waals surface area contributed by atoms with Gasteiger partial charge in [0.2, 0.25) is 22.3 Å². The molecule has 0 atom stereocenters. The average Bonchev–Trinajstić information content (AvgIpc) is 2.58. The molecular weight excluding hydrogens is 332 g/mol. The van der Waals surface area contributed by atoms with Crippen LogP contribution in [0.2, 0.25) is 0 Å². The van der Waals surface area contributed by atoms with Crippen molar-refractivity contribution in [2.45, 2.75) is 13.0 Å². The van der Waals surface area contributed by atoms with Crippen molar-refractivity contribution in [1.29, 1.82) is 0 Å². The maximum atomic E-state index is 12.3. The number of piperazine rings is 1. The summed E-state index contributed by atoms with van der Waals surface area (Å²) in [5, 5.41) is 0. The number of nitrogens with zero attached hydrogens (tertiary/aromatic N) is 4. The molecule has 0 aliphatic carbocycles. The standard InChI is InChI=1S/C15H22N4O4S/c1-24(22,23)19(12-14-2-5-16-6-3-14)7-4-15(21)18-10-8-17(13-20)9-11-18/h2-3,5-6,13H,4,7-12H2,1H3. The van der Waals surface area contributed by atoms with Crippen molar-refractivity contribution in [3.63, 3.8) is 0 Å². The fourth-order valence-electron chi connectivity index (χ4n) is 2.51. The Kier molecular flexibility index (Phi) is 6.27. The van der Waals surface area contributed by atoms with Gasteiger partial charge in [0.25, 0.3) is 0 Å². The van der Waals surface area contributed by atoms with E-state index in [0.717, 1.165) is 18.2 Å². The van der Waals surface area contributed by atoms with E-state index in [1.54, 1.807) is 34.3 Å². The number of hydrogen-bond donors (Lipinski definition) is 0. The van der Waals surface area contributed by atoms with E-state index in [-0.39, 0.29) is 25.4 Å². The van der Waals surface area contributed by atoms with Gasteiger partial charge in [0.15, 0.2) is 0 Å². The number of carbonyl (C=O) groups is 2. The molecule has 0 bridgehead atoms. The first-order chi connectivity index (χ1) is 11.4. The highest BCUT2D eigenvalue weighted by molar-refractivity contribution is 7.88. The summed E-state index contributed by atoms with van der Waals surface area (Å²) >= 11 is 0. The van der Waals surface area contributed by atoms with Crippen LogP contribution in [0.1, 0.15) is 12.0 Å². The molecule has 1 aromatic rings. The minimum absolute atomic E-state index is 0.0936. The van der Waals surface area contributed by atoms with E-state index in [1.165, 1.54) is 4.31 Å². The van der Waals surface area contributed by atoms with Gasteiger partial charge in [-0.2, -0.15) is 4.31 Å². The van der Waals surface area contributed by atoms with Gasteiger partial charge in [-0.05, 0) is 17.7 Å². The predicted octanol–water partition coefficient (Wildman–Crippen LogP) is -0.466. The highest BCUT2D eigenvalue weighted by Crippen LogP contribution is 2.10. The van der Waals surface area contributed by atoms with E-state index in [0.29, 0.717) is 26.2 Å². The molecular formula is C15H22N4O4S. The number of sulfonamides is 1. The zero-order valence-electron chi connectivity index (χ0n) is 13.7. The molecule has 0 aromatic carbocycles. The summed E-state index contributed by atoms with van der Waals surface area (Å²) in [5.41, 5.74) is 0.822. The van der Waals surface area contributed by atoms with E-state index >= 15 is 0 Å². The Balaban J connectivity index is 1.91. The van der Waals surface area contributed by atoms with Crippen molar-refractivity contribution in [1.82, 2.24) is 19.1 Å². The van der Waals surface area contributed by atoms with Gasteiger partial charge in [-0.3, -0.25) is 14.6 Å². The number of pyridine rings is 1. The Bertz CT molecular complexity index is 657. The van der Waals surface area contributed by atoms with Gasteiger partial charge in [0.1, 0.15) is 0 Å². The maximum Gasteiger partial charge on any atom is 0.224 e. The molecule has 1 fully saturated rings. The van der Waals surface area contributed by atoms with Crippen LogP contribution < -0.4 is 0 Å². The summed E-state index contributed by atoms with van der Waals surface area (Å²) in [6.45, 7) is 2.35. The topological polar surface area (TPSA) is 90.9 Å². The second-order valence-electron chi connectivity index (χ2n) is 5.72. The van der Waals surface area contributed by atoms with Crippen molar-refractivity contribution in [2.24, 2.45) is 0 Å². The minimum atomic E-state index is -3.41. The van der Waals surface area contributed by atoms with Gasteiger partial charge >= 0.3 is 0 Å². The summed E-state index contributed by atoms with van der Waals surface area (Å²) in [6.07, 6.45) is 5.25. The lowest BCUT2D eigenvalue weighted by atomic mass is 10.2. The molecule has 1 aliphatic rings. The van der Waals surface area contributed by atoms with E-state index < -0.39 is 10.0 Å². The van der Waals surface area contributed by atoms with Crippen molar-refractivity contribution in [3.8, 4) is 0 Å². The molecule has 0 unspecified atom stereocenters. The summed E-state index contributed by atoms with van der Waals surface area (Å²) in [7, 11) is -3.41. The maximum absolute atomic E-state index is 12.3. The molecule has 1 saturated heterocycles. The summed E-state index contributed by atoms with van der Waals surface area (Å²) in [4.78, 5) is 30.1. The van der Waals surface area contributed by atoms with Crippen molar-refractivity contribution >= 4 is 22.3 Å². The van der Waals surface area contributed by atoms with Crippen LogP contribution in [0.5, 0.6) is 0 Å². The van der Waals surface area contributed by atoms with Crippen LogP contribution in [0.4, 0.5) is 0 Å². The van der Waals surface area contributed by atoms with Gasteiger partial charge in [0, 0.05) is 58.1 Å². The SMILES string of the molecule is CS(=O)(=O)N(CCC(=O)N1CCN(C=O)CC1)Cc1ccncc1. The van der Waals surface area contributed by atoms with E-state index in [1.807, 2.05) is 0 Å². The van der Waals surface area contributed by atoms with Crippen LogP contribution in [0.25, 0.3) is 0 Å². The van der Waals surface area contributed by atoms with Crippen LogP contribution in [0, 0.1) is 0 Å². The lowest BCUT2D eigenvalue weighted by molar-refractivity contribution is -0.135. The molecule has 0 spiro atoms. The summed E-state index contributed by atoms with van der Waals surface area (Å²) in [6, 6.07) is 3.50. The van der Waals surface area contributed by atoms with Crippen LogP contribution >= 0.6 is 0 Å². The molecule has 132 valence electrons. The smallest absolute Gasteiger partial charge is 0.224 e. The first-order valence-electron chi connectivity index (χ1n) is 7.71. The Morgan fingerprint density at radius 1 is 1.25 bits per heavy atom. The zero-order chi connectivity index (χ0) is 17.6. The molecule has 0 saturated carbocycles. The van der Waals surface area contributed by atoms with Gasteiger partial charge in [0.05, 0.1) is 6.26 Å². The molecule has 8 nitrogen and oxygen atoms in total. The molecule has 24 heavy (non-hydrogen) atoms. The lowest BCUT2D eigenvalue weighted by Crippen LogP contribution is -2.48. The normalized spacial score (nSPS) is 15.6. The number of amides is 2.